The van der Waals surface area contributed by atoms with E-state index in [1.807, 2.05) is 0 Å². The zero-order chi connectivity index (χ0) is 13.0. The summed E-state index contributed by atoms with van der Waals surface area (Å²) in [6.45, 7) is 4.14. The molecule has 0 heterocycles. The highest BCUT2D eigenvalue weighted by atomic mass is 32.2. The van der Waals surface area contributed by atoms with Gasteiger partial charge in [-0.1, -0.05) is 41.6 Å². The van der Waals surface area contributed by atoms with Crippen molar-refractivity contribution < 1.29 is 4.39 Å². The zero-order valence-corrected chi connectivity index (χ0v) is 11.3. The number of benzene rings is 2. The number of halogens is 1. The topological polar surface area (TPSA) is 0 Å². The molecule has 18 heavy (non-hydrogen) atoms. The second kappa shape index (κ2) is 5.87. The van der Waals surface area contributed by atoms with Gasteiger partial charge in [-0.15, -0.1) is 0 Å². The number of allylic oxidation sites excluding steroid dienone is 1. The number of rotatable bonds is 3. The molecule has 0 spiro atoms. The van der Waals surface area contributed by atoms with Crippen LogP contribution in [-0.4, -0.2) is 0 Å². The molecule has 0 saturated heterocycles. The average Bonchev–Trinajstić information content (AvgIpc) is 2.35. The van der Waals surface area contributed by atoms with Crippen LogP contribution in [-0.2, 0) is 0 Å². The largest absolute Gasteiger partial charge is 0.207 e. The van der Waals surface area contributed by atoms with Gasteiger partial charge in [0.25, 0.3) is 0 Å². The molecule has 2 aromatic rings. The van der Waals surface area contributed by atoms with Crippen LogP contribution in [0.2, 0.25) is 0 Å². The van der Waals surface area contributed by atoms with E-state index in [1.165, 1.54) is 27.5 Å². The first-order valence-corrected chi connectivity index (χ1v) is 6.63. The molecule has 0 amide bonds. The molecule has 0 bridgehead atoms. The van der Waals surface area contributed by atoms with E-state index in [0.717, 1.165) is 5.56 Å². The minimum atomic E-state index is -0.198. The van der Waals surface area contributed by atoms with Crippen LogP contribution in [0.25, 0.3) is 6.08 Å². The molecule has 0 unspecified atom stereocenters. The van der Waals surface area contributed by atoms with Gasteiger partial charge in [0.2, 0.25) is 0 Å². The summed E-state index contributed by atoms with van der Waals surface area (Å²) in [6, 6.07) is 15.0. The molecule has 92 valence electrons. The zero-order valence-electron chi connectivity index (χ0n) is 10.5. The Morgan fingerprint density at radius 3 is 2.22 bits per heavy atom. The van der Waals surface area contributed by atoms with Crippen molar-refractivity contribution in [1.29, 1.82) is 0 Å². The van der Waals surface area contributed by atoms with E-state index in [-0.39, 0.29) is 5.82 Å². The van der Waals surface area contributed by atoms with E-state index in [2.05, 4.69) is 44.2 Å². The molecule has 0 N–H and O–H groups in total. The Kier molecular flexibility index (Phi) is 4.21. The fourth-order valence-corrected chi connectivity index (χ4v) is 2.45. The smallest absolute Gasteiger partial charge is 0.123 e. The van der Waals surface area contributed by atoms with Crippen molar-refractivity contribution in [3.63, 3.8) is 0 Å². The third-order valence-electron chi connectivity index (χ3n) is 2.54. The highest BCUT2D eigenvalue weighted by Gasteiger charge is 1.97. The van der Waals surface area contributed by atoms with Crippen LogP contribution in [0.4, 0.5) is 4.39 Å². The van der Waals surface area contributed by atoms with Gasteiger partial charge in [0.05, 0.1) is 0 Å². The second-order valence-electron chi connectivity index (χ2n) is 4.22. The Bertz CT molecular complexity index is 538. The van der Waals surface area contributed by atoms with Gasteiger partial charge >= 0.3 is 0 Å². The molecule has 0 radical (unpaired) electrons. The van der Waals surface area contributed by atoms with Gasteiger partial charge in [-0.25, -0.2) is 4.39 Å². The molecule has 0 saturated carbocycles. The molecule has 0 aromatic heterocycles. The molecule has 0 nitrogen and oxygen atoms in total. The maximum absolute atomic E-state index is 12.8. The van der Waals surface area contributed by atoms with E-state index in [0.29, 0.717) is 0 Å². The molecule has 0 atom stereocenters. The lowest BCUT2D eigenvalue weighted by molar-refractivity contribution is 0.628. The van der Waals surface area contributed by atoms with Gasteiger partial charge in [-0.05, 0) is 54.7 Å². The number of aryl methyl sites for hydroxylation is 1. The van der Waals surface area contributed by atoms with Gasteiger partial charge < -0.3 is 0 Å². The maximum atomic E-state index is 12.8. The summed E-state index contributed by atoms with van der Waals surface area (Å²) >= 11 is 1.72. The van der Waals surface area contributed by atoms with Crippen LogP contribution in [0, 0.1) is 12.7 Å². The molecular formula is C16H15FS. The highest BCUT2D eigenvalue weighted by molar-refractivity contribution is 8.03. The van der Waals surface area contributed by atoms with E-state index in [9.17, 15) is 4.39 Å². The van der Waals surface area contributed by atoms with Crippen LogP contribution in [0.15, 0.2) is 58.3 Å². The van der Waals surface area contributed by atoms with Gasteiger partial charge in [0.1, 0.15) is 5.82 Å². The van der Waals surface area contributed by atoms with Crippen molar-refractivity contribution in [3.05, 3.63) is 70.4 Å². The van der Waals surface area contributed by atoms with Crippen molar-refractivity contribution in [2.45, 2.75) is 18.7 Å². The highest BCUT2D eigenvalue weighted by Crippen LogP contribution is 2.27. The monoisotopic (exact) mass is 258 g/mol. The summed E-state index contributed by atoms with van der Waals surface area (Å²) in [5, 5.41) is 0. The van der Waals surface area contributed by atoms with Crippen LogP contribution in [0.5, 0.6) is 0 Å². The molecule has 2 aromatic carbocycles. The quantitative estimate of drug-likeness (QED) is 0.674. The van der Waals surface area contributed by atoms with E-state index >= 15 is 0 Å². The van der Waals surface area contributed by atoms with Gasteiger partial charge in [-0.2, -0.15) is 0 Å². The number of thioether (sulfide) groups is 1. The van der Waals surface area contributed by atoms with Crippen LogP contribution in [0.1, 0.15) is 18.1 Å². The van der Waals surface area contributed by atoms with Gasteiger partial charge in [-0.3, -0.25) is 0 Å². The van der Waals surface area contributed by atoms with Crippen LogP contribution >= 0.6 is 11.8 Å². The SMILES string of the molecule is C/C(=C/c1ccc(F)cc1)Sc1ccc(C)cc1. The molecule has 2 rings (SSSR count). The molecule has 0 aliphatic rings. The Morgan fingerprint density at radius 1 is 1.00 bits per heavy atom. The van der Waals surface area contributed by atoms with Crippen molar-refractivity contribution in [2.24, 2.45) is 0 Å². The first-order chi connectivity index (χ1) is 8.63. The van der Waals surface area contributed by atoms with Crippen molar-refractivity contribution in [2.75, 3.05) is 0 Å². The summed E-state index contributed by atoms with van der Waals surface area (Å²) < 4.78 is 12.8. The average molecular weight is 258 g/mol. The summed E-state index contributed by atoms with van der Waals surface area (Å²) in [4.78, 5) is 2.40. The van der Waals surface area contributed by atoms with Crippen LogP contribution in [0.3, 0.4) is 0 Å². The minimum Gasteiger partial charge on any atom is -0.207 e. The third kappa shape index (κ3) is 3.74. The Balaban J connectivity index is 2.09. The van der Waals surface area contributed by atoms with E-state index < -0.39 is 0 Å². The standard InChI is InChI=1S/C16H15FS/c1-12-3-9-16(10-4-12)18-13(2)11-14-5-7-15(17)8-6-14/h3-11H,1-2H3/b13-11-. The predicted molar refractivity (Wildman–Crippen MR) is 77.1 cm³/mol. The first kappa shape index (κ1) is 12.9. The fraction of sp³-hybridized carbons (Fsp3) is 0.125. The summed E-state index contributed by atoms with van der Waals surface area (Å²) in [5.74, 6) is -0.198. The number of hydrogen-bond donors (Lipinski definition) is 0. The van der Waals surface area contributed by atoms with Crippen molar-refractivity contribution in [1.82, 2.24) is 0 Å². The Morgan fingerprint density at radius 2 is 1.61 bits per heavy atom. The molecule has 0 aliphatic carbocycles. The molecule has 0 aliphatic heterocycles. The molecule has 2 heteroatoms. The van der Waals surface area contributed by atoms with E-state index in [4.69, 9.17) is 0 Å². The predicted octanol–water partition coefficient (Wildman–Crippen LogP) is 5.29. The lowest BCUT2D eigenvalue weighted by atomic mass is 10.2. The Hall–Kier alpha value is -1.54. The van der Waals surface area contributed by atoms with Gasteiger partial charge in [0, 0.05) is 4.90 Å². The summed E-state index contributed by atoms with van der Waals surface area (Å²) in [6.07, 6.45) is 2.06. The minimum absolute atomic E-state index is 0.198. The summed E-state index contributed by atoms with van der Waals surface area (Å²) in [5.41, 5.74) is 2.29. The second-order valence-corrected chi connectivity index (χ2v) is 5.54. The molecular weight excluding hydrogens is 243 g/mol. The lowest BCUT2D eigenvalue weighted by Gasteiger charge is -2.02. The van der Waals surface area contributed by atoms with E-state index in [1.54, 1.807) is 23.9 Å². The third-order valence-corrected chi connectivity index (χ3v) is 3.49. The molecule has 0 fully saturated rings. The fourth-order valence-electron chi connectivity index (χ4n) is 1.62. The van der Waals surface area contributed by atoms with Crippen LogP contribution < -0.4 is 0 Å². The first-order valence-electron chi connectivity index (χ1n) is 5.82. The Labute approximate surface area is 112 Å². The van der Waals surface area contributed by atoms with Crippen molar-refractivity contribution in [3.8, 4) is 0 Å². The maximum Gasteiger partial charge on any atom is 0.123 e. The van der Waals surface area contributed by atoms with Gasteiger partial charge in [0.15, 0.2) is 0 Å². The number of hydrogen-bond acceptors (Lipinski definition) is 1. The summed E-state index contributed by atoms with van der Waals surface area (Å²) in [7, 11) is 0. The van der Waals surface area contributed by atoms with Crippen molar-refractivity contribution >= 4 is 17.8 Å². The normalized spacial score (nSPS) is 11.6. The lowest BCUT2D eigenvalue weighted by Crippen LogP contribution is -1.77.